The highest BCUT2D eigenvalue weighted by Crippen LogP contribution is 2.61. The van der Waals surface area contributed by atoms with Gasteiger partial charge in [0.2, 0.25) is 12.8 Å². The van der Waals surface area contributed by atoms with Gasteiger partial charge in [-0.2, -0.15) is 0 Å². The molecule has 0 saturated heterocycles. The second-order valence-corrected chi connectivity index (χ2v) is 11.5. The fourth-order valence-corrected chi connectivity index (χ4v) is 6.92. The summed E-state index contributed by atoms with van der Waals surface area (Å²) in [6.45, 7) is 9.01. The lowest BCUT2D eigenvalue weighted by Crippen LogP contribution is -2.52. The largest absolute Gasteiger partial charge is 0.358 e. The summed E-state index contributed by atoms with van der Waals surface area (Å²) in [4.78, 5) is 10.7. The molecule has 2 bridgehead atoms. The van der Waals surface area contributed by atoms with E-state index < -0.39 is 12.3 Å². The zero-order valence-electron chi connectivity index (χ0n) is 19.5. The van der Waals surface area contributed by atoms with Crippen LogP contribution in [-0.2, 0) is 10.2 Å². The number of amides is 1. The zero-order chi connectivity index (χ0) is 22.9. The van der Waals surface area contributed by atoms with Crippen LogP contribution in [0.15, 0.2) is 30.3 Å². The van der Waals surface area contributed by atoms with Gasteiger partial charge in [-0.25, -0.2) is 8.78 Å². The van der Waals surface area contributed by atoms with Crippen LogP contribution in [0, 0.1) is 28.6 Å². The number of hydrogen-bond acceptors (Lipinski definition) is 2. The van der Waals surface area contributed by atoms with E-state index >= 15 is 0 Å². The molecule has 2 fully saturated rings. The van der Waals surface area contributed by atoms with Gasteiger partial charge in [0, 0.05) is 18.5 Å². The lowest BCUT2D eigenvalue weighted by molar-refractivity contribution is -0.110. The summed E-state index contributed by atoms with van der Waals surface area (Å²) in [7, 11) is 0. The predicted molar refractivity (Wildman–Crippen MR) is 122 cm³/mol. The fraction of sp³-hybridized carbons (Fsp3) is 0.731. The average Bonchev–Trinajstić information content (AvgIpc) is 2.70. The molecule has 2 aliphatic carbocycles. The molecular formula is C26H40F2N2O. The number of fused-ring (bicyclic) bond motifs is 2. The van der Waals surface area contributed by atoms with Gasteiger partial charge < -0.3 is 11.1 Å². The number of benzene rings is 1. The quantitative estimate of drug-likeness (QED) is 0.502. The van der Waals surface area contributed by atoms with Crippen molar-refractivity contribution in [2.45, 2.75) is 84.1 Å². The van der Waals surface area contributed by atoms with Crippen molar-refractivity contribution < 1.29 is 13.6 Å². The molecule has 174 valence electrons. The Morgan fingerprint density at radius 3 is 2.52 bits per heavy atom. The summed E-state index contributed by atoms with van der Waals surface area (Å²) in [6.07, 6.45) is 3.79. The smallest absolute Gasteiger partial charge is 0.241 e. The molecule has 0 radical (unpaired) electrons. The molecule has 6 unspecified atom stereocenters. The Balaban J connectivity index is 1.83. The molecule has 2 aliphatic rings. The average molecular weight is 435 g/mol. The van der Waals surface area contributed by atoms with E-state index in [-0.39, 0.29) is 34.1 Å². The maximum atomic E-state index is 14.1. The first-order valence-corrected chi connectivity index (χ1v) is 11.8. The van der Waals surface area contributed by atoms with Gasteiger partial charge in [-0.15, -0.1) is 0 Å². The summed E-state index contributed by atoms with van der Waals surface area (Å²) in [6, 6.07) is 10.5. The minimum Gasteiger partial charge on any atom is -0.358 e. The normalized spacial score (nSPS) is 34.4. The van der Waals surface area contributed by atoms with Crippen LogP contribution in [-0.4, -0.2) is 25.4 Å². The van der Waals surface area contributed by atoms with Crippen LogP contribution in [0.25, 0.3) is 0 Å². The van der Waals surface area contributed by atoms with Crippen molar-refractivity contribution in [3.8, 4) is 0 Å². The van der Waals surface area contributed by atoms with E-state index in [1.807, 2.05) is 13.0 Å². The van der Waals surface area contributed by atoms with E-state index in [4.69, 9.17) is 5.73 Å². The molecule has 1 aromatic rings. The number of halogens is 2. The topological polar surface area (TPSA) is 55.1 Å². The highest BCUT2D eigenvalue weighted by atomic mass is 19.3. The Labute approximate surface area is 186 Å². The summed E-state index contributed by atoms with van der Waals surface area (Å²) in [5.41, 5.74) is 7.61. The molecule has 0 aliphatic heterocycles. The number of nitrogens with one attached hydrogen (secondary N) is 1. The van der Waals surface area contributed by atoms with Gasteiger partial charge in [0.25, 0.3) is 0 Å². The highest BCUT2D eigenvalue weighted by Gasteiger charge is 2.55. The maximum Gasteiger partial charge on any atom is 0.241 e. The van der Waals surface area contributed by atoms with Crippen LogP contribution in [0.5, 0.6) is 0 Å². The van der Waals surface area contributed by atoms with Crippen molar-refractivity contribution in [2.75, 3.05) is 6.54 Å². The molecule has 0 aromatic heterocycles. The molecule has 2 saturated carbocycles. The second kappa shape index (κ2) is 9.17. The van der Waals surface area contributed by atoms with Crippen LogP contribution in [0.4, 0.5) is 8.78 Å². The standard InChI is InChI=1S/C26H40F2N2O/c1-18-12-26(20-8-6-5-7-9-20)14-19(22(18)23(27)28)13-25(4,15-26)11-10-21(29)24(2,3)16-30-17-31/h5-9,17-19,21-23H,10-16,29H2,1-4H3,(H,30,31). The molecule has 6 atom stereocenters. The van der Waals surface area contributed by atoms with Crippen LogP contribution in [0.2, 0.25) is 0 Å². The highest BCUT2D eigenvalue weighted by molar-refractivity contribution is 5.46. The van der Waals surface area contributed by atoms with Crippen LogP contribution < -0.4 is 11.1 Å². The molecule has 0 heterocycles. The SMILES string of the molecule is CC1CC2(c3ccccc3)CC(CC(C)(CCC(N)C(C)(C)CNC=O)C2)C1C(F)F. The predicted octanol–water partition coefficient (Wildman–Crippen LogP) is 5.53. The second-order valence-electron chi connectivity index (χ2n) is 11.5. The third kappa shape index (κ3) is 5.13. The van der Waals surface area contributed by atoms with Gasteiger partial charge in [-0.3, -0.25) is 4.79 Å². The van der Waals surface area contributed by atoms with Gasteiger partial charge in [0.1, 0.15) is 0 Å². The molecule has 3 N–H and O–H groups in total. The lowest BCUT2D eigenvalue weighted by atomic mass is 9.47. The molecule has 3 nitrogen and oxygen atoms in total. The van der Waals surface area contributed by atoms with Crippen molar-refractivity contribution in [1.29, 1.82) is 0 Å². The van der Waals surface area contributed by atoms with Gasteiger partial charge in [0.05, 0.1) is 0 Å². The van der Waals surface area contributed by atoms with Crippen molar-refractivity contribution >= 4 is 6.41 Å². The first kappa shape index (κ1) is 24.2. The van der Waals surface area contributed by atoms with Crippen molar-refractivity contribution in [3.63, 3.8) is 0 Å². The number of rotatable bonds is 9. The Morgan fingerprint density at radius 2 is 1.90 bits per heavy atom. The Bertz CT molecular complexity index is 736. The van der Waals surface area contributed by atoms with Crippen LogP contribution in [0.3, 0.4) is 0 Å². The molecule has 0 spiro atoms. The Kier molecular flexibility index (Phi) is 7.15. The molecule has 1 amide bonds. The van der Waals surface area contributed by atoms with Gasteiger partial charge >= 0.3 is 0 Å². The minimum atomic E-state index is -2.26. The van der Waals surface area contributed by atoms with Gasteiger partial charge in [-0.1, -0.05) is 58.0 Å². The summed E-state index contributed by atoms with van der Waals surface area (Å²) in [5.74, 6) is -0.443. The maximum absolute atomic E-state index is 14.1. The van der Waals surface area contributed by atoms with Crippen LogP contribution >= 0.6 is 0 Å². The molecule has 5 heteroatoms. The van der Waals surface area contributed by atoms with Gasteiger partial charge in [0.15, 0.2) is 0 Å². The third-order valence-electron chi connectivity index (χ3n) is 8.47. The molecular weight excluding hydrogens is 394 g/mol. The van der Waals surface area contributed by atoms with Crippen molar-refractivity contribution in [3.05, 3.63) is 35.9 Å². The molecule has 3 rings (SSSR count). The Morgan fingerprint density at radius 1 is 1.23 bits per heavy atom. The first-order valence-electron chi connectivity index (χ1n) is 11.8. The van der Waals surface area contributed by atoms with E-state index in [2.05, 4.69) is 50.4 Å². The van der Waals surface area contributed by atoms with E-state index in [1.54, 1.807) is 0 Å². The van der Waals surface area contributed by atoms with Crippen molar-refractivity contribution in [2.24, 2.45) is 34.3 Å². The summed E-state index contributed by atoms with van der Waals surface area (Å²) < 4.78 is 28.1. The van der Waals surface area contributed by atoms with E-state index in [9.17, 15) is 13.6 Å². The Hall–Kier alpha value is -1.49. The molecule has 1 aromatic carbocycles. The van der Waals surface area contributed by atoms with E-state index in [0.29, 0.717) is 13.0 Å². The summed E-state index contributed by atoms with van der Waals surface area (Å²) >= 11 is 0. The number of carbonyl (C=O) groups excluding carboxylic acids is 1. The monoisotopic (exact) mass is 434 g/mol. The van der Waals surface area contributed by atoms with Gasteiger partial charge in [-0.05, 0) is 72.2 Å². The van der Waals surface area contributed by atoms with E-state index in [0.717, 1.165) is 38.5 Å². The van der Waals surface area contributed by atoms with Crippen LogP contribution in [0.1, 0.15) is 71.8 Å². The fourth-order valence-electron chi connectivity index (χ4n) is 6.92. The lowest BCUT2D eigenvalue weighted by Gasteiger charge is -2.58. The number of alkyl halides is 2. The zero-order valence-corrected chi connectivity index (χ0v) is 19.5. The van der Waals surface area contributed by atoms with E-state index in [1.165, 1.54) is 5.56 Å². The first-order chi connectivity index (χ1) is 14.5. The summed E-state index contributed by atoms with van der Waals surface area (Å²) in [5, 5.41) is 2.76. The number of nitrogens with two attached hydrogens (primary N) is 1. The minimum absolute atomic E-state index is 0.0160. The number of hydrogen-bond donors (Lipinski definition) is 2. The number of carbonyl (C=O) groups is 1. The third-order valence-corrected chi connectivity index (χ3v) is 8.47. The molecule has 31 heavy (non-hydrogen) atoms. The van der Waals surface area contributed by atoms with Crippen molar-refractivity contribution in [1.82, 2.24) is 5.32 Å².